The molecule has 32 heavy (non-hydrogen) atoms. The van der Waals surface area contributed by atoms with Crippen LogP contribution in [-0.4, -0.2) is 33.8 Å². The smallest absolute Gasteiger partial charge is 0.408 e. The van der Waals surface area contributed by atoms with E-state index in [4.69, 9.17) is 9.47 Å². The van der Waals surface area contributed by atoms with Gasteiger partial charge in [0.15, 0.2) is 0 Å². The largest absolute Gasteiger partial charge is 0.459 e. The lowest BCUT2D eigenvalue weighted by Crippen LogP contribution is -2.44. The number of esters is 1. The molecule has 0 aliphatic carbocycles. The molecule has 0 saturated carbocycles. The number of hydrogen-bond donors (Lipinski definition) is 2. The Morgan fingerprint density at radius 2 is 1.50 bits per heavy atom. The van der Waals surface area contributed by atoms with Crippen LogP contribution in [0.5, 0.6) is 0 Å². The summed E-state index contributed by atoms with van der Waals surface area (Å²) in [7, 11) is 0. The maximum atomic E-state index is 12.7. The number of nitrogens with one attached hydrogen (secondary N) is 2. The maximum absolute atomic E-state index is 12.7. The number of benzene rings is 2. The molecule has 0 unspecified atom stereocenters. The van der Waals surface area contributed by atoms with E-state index >= 15 is 0 Å². The fraction of sp³-hybridized carbons (Fsp3) is 0.217. The summed E-state index contributed by atoms with van der Waals surface area (Å²) >= 11 is 0. The molecule has 0 aliphatic heterocycles. The van der Waals surface area contributed by atoms with Crippen LogP contribution in [-0.2, 0) is 33.9 Å². The molecule has 0 fully saturated rings. The highest BCUT2D eigenvalue weighted by atomic mass is 16.6. The first kappa shape index (κ1) is 22.5. The first-order valence-corrected chi connectivity index (χ1v) is 9.92. The molecule has 166 valence electrons. The third-order valence-corrected chi connectivity index (χ3v) is 4.60. The van der Waals surface area contributed by atoms with Crippen LogP contribution in [0, 0.1) is 0 Å². The van der Waals surface area contributed by atoms with E-state index in [0.29, 0.717) is 0 Å². The number of rotatable bonds is 8. The number of aromatic amines is 1. The van der Waals surface area contributed by atoms with Gasteiger partial charge in [-0.25, -0.2) is 9.59 Å². The molecule has 3 rings (SSSR count). The monoisotopic (exact) mass is 437 g/mol. The van der Waals surface area contributed by atoms with Gasteiger partial charge in [0.25, 0.3) is 5.56 Å². The number of aromatic nitrogens is 2. The number of alkyl carbamates (subject to hydrolysis) is 1. The van der Waals surface area contributed by atoms with E-state index < -0.39 is 29.6 Å². The average Bonchev–Trinajstić information content (AvgIpc) is 3.17. The lowest BCUT2D eigenvalue weighted by Gasteiger charge is -2.17. The van der Waals surface area contributed by atoms with Crippen molar-refractivity contribution in [1.82, 2.24) is 15.1 Å². The zero-order chi connectivity index (χ0) is 22.9. The van der Waals surface area contributed by atoms with Crippen molar-refractivity contribution in [3.63, 3.8) is 0 Å². The highest BCUT2D eigenvalue weighted by Crippen LogP contribution is 2.06. The Morgan fingerprint density at radius 3 is 2.03 bits per heavy atom. The quantitative estimate of drug-likeness (QED) is 0.523. The second kappa shape index (κ2) is 10.8. The fourth-order valence-electron chi connectivity index (χ4n) is 2.94. The molecule has 0 bridgehead atoms. The molecule has 1 amide bonds. The van der Waals surface area contributed by atoms with Crippen molar-refractivity contribution in [1.29, 1.82) is 0 Å². The van der Waals surface area contributed by atoms with Crippen molar-refractivity contribution < 1.29 is 23.9 Å². The molecule has 9 heteroatoms. The highest BCUT2D eigenvalue weighted by Gasteiger charge is 2.26. The topological polar surface area (TPSA) is 119 Å². The number of amides is 1. The van der Waals surface area contributed by atoms with E-state index in [1.54, 1.807) is 24.3 Å². The highest BCUT2D eigenvalue weighted by molar-refractivity contribution is 5.81. The van der Waals surface area contributed by atoms with Crippen molar-refractivity contribution in [2.45, 2.75) is 32.6 Å². The Hall–Kier alpha value is -4.14. The number of carbonyl (C=O) groups excluding carboxylic acids is 3. The van der Waals surface area contributed by atoms with E-state index in [0.717, 1.165) is 15.8 Å². The Balaban J connectivity index is 1.69. The van der Waals surface area contributed by atoms with E-state index in [1.165, 1.54) is 13.1 Å². The first-order valence-electron chi connectivity index (χ1n) is 9.92. The predicted octanol–water partition coefficient (Wildman–Crippen LogP) is 2.42. The number of nitrogens with zero attached hydrogens (tertiary/aromatic N) is 1. The molecule has 1 heterocycles. The number of carbonyl (C=O) groups is 3. The van der Waals surface area contributed by atoms with Gasteiger partial charge in [0.1, 0.15) is 19.3 Å². The van der Waals surface area contributed by atoms with E-state index in [9.17, 15) is 19.2 Å². The molecule has 1 aromatic heterocycles. The second-order valence-electron chi connectivity index (χ2n) is 7.01. The zero-order valence-electron chi connectivity index (χ0n) is 17.4. The SMILES string of the molecule is CC(=O)n1[nH]cc(C[C@H](NC(=O)OCc2ccccc2)C(=O)OCc2ccccc2)c1=O. The molecule has 3 aromatic rings. The van der Waals surface area contributed by atoms with Crippen molar-refractivity contribution in [3.05, 3.63) is 93.9 Å². The maximum Gasteiger partial charge on any atom is 0.408 e. The van der Waals surface area contributed by atoms with Gasteiger partial charge in [-0.05, 0) is 11.1 Å². The third kappa shape index (κ3) is 6.18. The second-order valence-corrected chi connectivity index (χ2v) is 7.01. The summed E-state index contributed by atoms with van der Waals surface area (Å²) < 4.78 is 11.3. The summed E-state index contributed by atoms with van der Waals surface area (Å²) in [6.07, 6.45) is 0.306. The number of H-pyrrole nitrogens is 1. The fourth-order valence-corrected chi connectivity index (χ4v) is 2.94. The van der Waals surface area contributed by atoms with Gasteiger partial charge in [0.05, 0.1) is 0 Å². The minimum atomic E-state index is -1.19. The summed E-state index contributed by atoms with van der Waals surface area (Å²) in [6.45, 7) is 1.24. The summed E-state index contributed by atoms with van der Waals surface area (Å²) in [4.78, 5) is 48.9. The number of ether oxygens (including phenoxy) is 2. The Bertz CT molecular complexity index is 1120. The standard InChI is InChI=1S/C23H23N3O6/c1-16(27)26-21(28)19(13-24-26)12-20(22(29)31-14-17-8-4-2-5-9-17)25-23(30)32-15-18-10-6-3-7-11-18/h2-11,13,20,24H,12,14-15H2,1H3,(H,25,30)/t20-/m0/s1. The van der Waals surface area contributed by atoms with Gasteiger partial charge in [-0.15, -0.1) is 0 Å². The van der Waals surface area contributed by atoms with E-state index in [2.05, 4.69) is 10.4 Å². The van der Waals surface area contributed by atoms with Crippen LogP contribution in [0.25, 0.3) is 0 Å². The summed E-state index contributed by atoms with van der Waals surface area (Å²) in [5.41, 5.74) is 1.09. The summed E-state index contributed by atoms with van der Waals surface area (Å²) in [6, 6.07) is 16.9. The van der Waals surface area contributed by atoms with Crippen molar-refractivity contribution in [2.24, 2.45) is 0 Å². The van der Waals surface area contributed by atoms with Crippen LogP contribution < -0.4 is 10.9 Å². The van der Waals surface area contributed by atoms with Crippen LogP contribution in [0.2, 0.25) is 0 Å². The first-order chi connectivity index (χ1) is 15.4. The molecule has 9 nitrogen and oxygen atoms in total. The molecular weight excluding hydrogens is 414 g/mol. The molecule has 2 N–H and O–H groups in total. The molecule has 0 radical (unpaired) electrons. The summed E-state index contributed by atoms with van der Waals surface area (Å²) in [5, 5.41) is 4.99. The molecule has 1 atom stereocenters. The lowest BCUT2D eigenvalue weighted by atomic mass is 10.1. The lowest BCUT2D eigenvalue weighted by molar-refractivity contribution is -0.147. The molecular formula is C23H23N3O6. The number of hydrogen-bond acceptors (Lipinski definition) is 6. The summed E-state index contributed by atoms with van der Waals surface area (Å²) in [5.74, 6) is -1.24. The van der Waals surface area contributed by atoms with Crippen molar-refractivity contribution >= 4 is 18.0 Å². The minimum Gasteiger partial charge on any atom is -0.459 e. The van der Waals surface area contributed by atoms with Crippen LogP contribution in [0.1, 0.15) is 28.4 Å². The third-order valence-electron chi connectivity index (χ3n) is 4.60. The minimum absolute atomic E-state index is 0.00172. The van der Waals surface area contributed by atoms with Gasteiger partial charge >= 0.3 is 12.1 Å². The Labute approximate surface area is 183 Å². The van der Waals surface area contributed by atoms with Gasteiger partial charge in [0, 0.05) is 25.1 Å². The van der Waals surface area contributed by atoms with Crippen LogP contribution in [0.15, 0.2) is 71.7 Å². The van der Waals surface area contributed by atoms with Gasteiger partial charge in [-0.1, -0.05) is 60.7 Å². The van der Waals surface area contributed by atoms with Crippen molar-refractivity contribution in [2.75, 3.05) is 0 Å². The van der Waals surface area contributed by atoms with E-state index in [1.807, 2.05) is 36.4 Å². The van der Waals surface area contributed by atoms with Gasteiger partial charge in [0.2, 0.25) is 5.91 Å². The molecule has 0 aliphatic rings. The van der Waals surface area contributed by atoms with Crippen molar-refractivity contribution in [3.8, 4) is 0 Å². The molecule has 2 aromatic carbocycles. The Kier molecular flexibility index (Phi) is 7.58. The van der Waals surface area contributed by atoms with Gasteiger partial charge < -0.3 is 14.8 Å². The van der Waals surface area contributed by atoms with Crippen LogP contribution in [0.3, 0.4) is 0 Å². The normalized spacial score (nSPS) is 11.4. The van der Waals surface area contributed by atoms with E-state index in [-0.39, 0.29) is 25.2 Å². The van der Waals surface area contributed by atoms with Gasteiger partial charge in [-0.3, -0.25) is 14.7 Å². The van der Waals surface area contributed by atoms with Gasteiger partial charge in [-0.2, -0.15) is 4.68 Å². The van der Waals surface area contributed by atoms with Crippen LogP contribution in [0.4, 0.5) is 4.79 Å². The zero-order valence-corrected chi connectivity index (χ0v) is 17.4. The van der Waals surface area contributed by atoms with Crippen LogP contribution >= 0.6 is 0 Å². The average molecular weight is 437 g/mol. The Morgan fingerprint density at radius 1 is 0.938 bits per heavy atom. The molecule has 0 spiro atoms. The molecule has 0 saturated heterocycles. The predicted molar refractivity (Wildman–Crippen MR) is 115 cm³/mol.